The maximum atomic E-state index is 11.3. The molecule has 56 heavy (non-hydrogen) atoms. The van der Waals surface area contributed by atoms with Crippen molar-refractivity contribution in [2.24, 2.45) is 41.8 Å². The molecule has 290 valence electrons. The number of phenols is 2. The molecule has 2 N–H and O–H groups in total. The second-order valence-corrected chi connectivity index (χ2v) is 14.2. The number of guanidine groups is 3. The first-order valence-electron chi connectivity index (χ1n) is 19.7. The maximum absolute atomic E-state index is 11.3. The van der Waals surface area contributed by atoms with Crippen LogP contribution in [-0.4, -0.2) is 73.5 Å². The average molecular weight is 756 g/mol. The number of aromatic hydroxyl groups is 2. The van der Waals surface area contributed by atoms with E-state index in [-0.39, 0.29) is 41.0 Å². The van der Waals surface area contributed by atoms with Crippen molar-refractivity contribution >= 4 is 35.4 Å². The summed E-state index contributed by atoms with van der Waals surface area (Å²) in [6, 6.07) is 21.8. The Balaban J connectivity index is 1.24. The summed E-state index contributed by atoms with van der Waals surface area (Å²) in [7, 11) is 0. The molecular weight excluding hydrogens is 707 g/mol. The molecule has 0 radical (unpaired) electrons. The summed E-state index contributed by atoms with van der Waals surface area (Å²) in [5, 5.41) is 27.1. The summed E-state index contributed by atoms with van der Waals surface area (Å²) in [5.74, 6) is 3.20. The Kier molecular flexibility index (Phi) is 12.0. The van der Waals surface area contributed by atoms with Gasteiger partial charge in [-0.15, -0.1) is 0 Å². The van der Waals surface area contributed by atoms with Crippen LogP contribution < -0.4 is 9.47 Å². The largest absolute Gasteiger partial charge is 0.507 e. The number of para-hydroxylation sites is 1. The summed E-state index contributed by atoms with van der Waals surface area (Å²) < 4.78 is 13.9. The molecule has 13 nitrogen and oxygen atoms in total. The Bertz CT molecular complexity index is 2150. The van der Waals surface area contributed by atoms with E-state index in [4.69, 9.17) is 39.4 Å². The molecule has 7 rings (SSSR count). The lowest BCUT2D eigenvalue weighted by Crippen LogP contribution is -2.48. The van der Waals surface area contributed by atoms with Gasteiger partial charge in [0.1, 0.15) is 28.7 Å². The number of aromatic nitrogens is 2. The zero-order valence-electron chi connectivity index (χ0n) is 32.5. The third-order valence-electron chi connectivity index (χ3n) is 10.2. The lowest BCUT2D eigenvalue weighted by atomic mass is 10.0. The highest BCUT2D eigenvalue weighted by molar-refractivity contribution is 6.34. The van der Waals surface area contributed by atoms with E-state index in [0.29, 0.717) is 59.2 Å². The zero-order chi connectivity index (χ0) is 39.0. The van der Waals surface area contributed by atoms with E-state index in [1.165, 1.54) is 0 Å². The number of hydrogen-bond donors (Lipinski definition) is 2. The van der Waals surface area contributed by atoms with Crippen LogP contribution in [0.1, 0.15) is 95.9 Å². The van der Waals surface area contributed by atoms with Crippen LogP contribution in [0, 0.1) is 11.8 Å². The van der Waals surface area contributed by atoms with Gasteiger partial charge in [0.2, 0.25) is 17.9 Å². The molecule has 3 aromatic carbocycles. The van der Waals surface area contributed by atoms with Gasteiger partial charge in [-0.1, -0.05) is 84.4 Å². The first-order chi connectivity index (χ1) is 27.4. The fourth-order valence-corrected chi connectivity index (χ4v) is 6.69. The molecule has 2 unspecified atom stereocenters. The molecule has 2 atom stereocenters. The van der Waals surface area contributed by atoms with Crippen molar-refractivity contribution in [1.29, 1.82) is 0 Å². The number of unbranched alkanes of at least 4 members (excludes halogenated alkanes) is 2. The normalized spacial score (nSPS) is 15.8. The lowest BCUT2D eigenvalue weighted by Gasteiger charge is -2.30. The number of hydrogen-bond acceptors (Lipinski definition) is 12. The van der Waals surface area contributed by atoms with Gasteiger partial charge in [-0.05, 0) is 67.1 Å². The highest BCUT2D eigenvalue weighted by atomic mass is 16.5. The van der Waals surface area contributed by atoms with E-state index in [1.54, 1.807) is 52.2 Å². The van der Waals surface area contributed by atoms with Gasteiger partial charge in [-0.2, -0.15) is 35.1 Å². The lowest BCUT2D eigenvalue weighted by molar-refractivity contribution is 0.232. The summed E-state index contributed by atoms with van der Waals surface area (Å²) in [5.41, 5.74) is 2.18. The maximum Gasteiger partial charge on any atom is 0.243 e. The molecular formula is C43H49N9O4. The molecule has 3 aliphatic rings. The number of aliphatic imine (C=N–C) groups is 6. The molecule has 0 bridgehead atoms. The van der Waals surface area contributed by atoms with Crippen LogP contribution in [0.15, 0.2) is 109 Å². The third kappa shape index (κ3) is 8.41. The molecule has 3 aliphatic heterocycles. The standard InChI is InChI=1S/C43H49N9O4/c1-5-9-14-28(7-3)26-55-31-18-20-33(36(53)24-31)38-45-41-46-39(34-21-19-32(25-37(34)54)56-27-29(8-4)15-10-6-2)48-43-50-40(49-42(47-38)51(41)43)35-22-23-44-52(35)30-16-12-11-13-17-30/h11-13,16-25,28-29,53-54H,5-10,14-15,26-27H2,1-4H3. The Hall–Kier alpha value is -6.11. The summed E-state index contributed by atoms with van der Waals surface area (Å²) in [4.78, 5) is 30.4. The minimum absolute atomic E-state index is 0.0461. The van der Waals surface area contributed by atoms with Crippen molar-refractivity contribution in [1.82, 2.24) is 14.7 Å². The van der Waals surface area contributed by atoms with Crippen LogP contribution in [0.5, 0.6) is 23.0 Å². The Labute approximate surface area is 327 Å². The number of benzene rings is 3. The first kappa shape index (κ1) is 38.2. The molecule has 0 saturated heterocycles. The number of nitrogens with zero attached hydrogens (tertiary/aromatic N) is 9. The van der Waals surface area contributed by atoms with Crippen molar-refractivity contribution in [3.05, 3.63) is 95.8 Å². The second-order valence-electron chi connectivity index (χ2n) is 14.2. The minimum atomic E-state index is -0.0461. The predicted molar refractivity (Wildman–Crippen MR) is 221 cm³/mol. The van der Waals surface area contributed by atoms with E-state index in [1.807, 2.05) is 36.4 Å². The van der Waals surface area contributed by atoms with Crippen LogP contribution in [-0.2, 0) is 0 Å². The minimum Gasteiger partial charge on any atom is -0.507 e. The average Bonchev–Trinajstić information content (AvgIpc) is 3.72. The van der Waals surface area contributed by atoms with Crippen LogP contribution in [0.4, 0.5) is 0 Å². The molecule has 13 heteroatoms. The van der Waals surface area contributed by atoms with Gasteiger partial charge in [0.05, 0.1) is 36.2 Å². The SMILES string of the molecule is CCCCC(CC)COc1ccc(C2=NC3=NC(c4ccc(OCC(CC)CCCC)cc4O)=NC4=NC(c5ccnn5-c5ccccc5)=NC(=N2)N34)c(O)c1. The quantitative estimate of drug-likeness (QED) is 0.104. The van der Waals surface area contributed by atoms with Crippen molar-refractivity contribution in [3.63, 3.8) is 0 Å². The van der Waals surface area contributed by atoms with Crippen LogP contribution in [0.25, 0.3) is 5.69 Å². The van der Waals surface area contributed by atoms with Gasteiger partial charge in [0, 0.05) is 12.1 Å². The van der Waals surface area contributed by atoms with Crippen molar-refractivity contribution in [2.75, 3.05) is 13.2 Å². The van der Waals surface area contributed by atoms with E-state index >= 15 is 0 Å². The fourth-order valence-electron chi connectivity index (χ4n) is 6.69. The Morgan fingerprint density at radius 3 is 1.57 bits per heavy atom. The number of phenolic OH excluding ortho intramolecular Hbond substituents is 2. The van der Waals surface area contributed by atoms with Crippen LogP contribution >= 0.6 is 0 Å². The molecule has 0 saturated carbocycles. The molecule has 0 fully saturated rings. The predicted octanol–water partition coefficient (Wildman–Crippen LogP) is 8.52. The number of ether oxygens (including phenoxy) is 2. The third-order valence-corrected chi connectivity index (χ3v) is 10.2. The smallest absolute Gasteiger partial charge is 0.243 e. The number of rotatable bonds is 18. The van der Waals surface area contributed by atoms with Crippen molar-refractivity contribution in [2.45, 2.75) is 79.1 Å². The van der Waals surface area contributed by atoms with Gasteiger partial charge in [-0.25, -0.2) is 9.58 Å². The van der Waals surface area contributed by atoms with Crippen molar-refractivity contribution < 1.29 is 19.7 Å². The van der Waals surface area contributed by atoms with Gasteiger partial charge >= 0.3 is 0 Å². The van der Waals surface area contributed by atoms with Gasteiger partial charge in [0.25, 0.3) is 0 Å². The van der Waals surface area contributed by atoms with Gasteiger partial charge in [0.15, 0.2) is 17.5 Å². The molecule has 0 aliphatic carbocycles. The molecule has 4 heterocycles. The van der Waals surface area contributed by atoms with Crippen LogP contribution in [0.3, 0.4) is 0 Å². The second kappa shape index (κ2) is 17.6. The molecule has 4 aromatic rings. The zero-order valence-corrected chi connectivity index (χ0v) is 32.5. The van der Waals surface area contributed by atoms with E-state index in [0.717, 1.165) is 57.1 Å². The Morgan fingerprint density at radius 1 is 0.589 bits per heavy atom. The summed E-state index contributed by atoms with van der Waals surface area (Å²) in [6.07, 6.45) is 10.5. The molecule has 0 amide bonds. The van der Waals surface area contributed by atoms with Crippen molar-refractivity contribution in [3.8, 4) is 28.7 Å². The van der Waals surface area contributed by atoms with Gasteiger partial charge < -0.3 is 19.7 Å². The highest BCUT2D eigenvalue weighted by Crippen LogP contribution is 2.31. The molecule has 1 aromatic heterocycles. The fraction of sp³-hybridized carbons (Fsp3) is 0.372. The van der Waals surface area contributed by atoms with Gasteiger partial charge in [-0.3, -0.25) is 0 Å². The highest BCUT2D eigenvalue weighted by Gasteiger charge is 2.37. The monoisotopic (exact) mass is 755 g/mol. The number of amidine groups is 3. The summed E-state index contributed by atoms with van der Waals surface area (Å²) >= 11 is 0. The van der Waals surface area contributed by atoms with E-state index < -0.39 is 0 Å². The van der Waals surface area contributed by atoms with E-state index in [2.05, 4.69) is 32.8 Å². The van der Waals surface area contributed by atoms with Crippen LogP contribution in [0.2, 0.25) is 0 Å². The first-order valence-corrected chi connectivity index (χ1v) is 19.7. The molecule has 0 spiro atoms. The Morgan fingerprint density at radius 2 is 1.09 bits per heavy atom. The summed E-state index contributed by atoms with van der Waals surface area (Å²) in [6.45, 7) is 9.87. The van der Waals surface area contributed by atoms with E-state index in [9.17, 15) is 10.2 Å². The topological polar surface area (TPSA) is 154 Å².